The Kier molecular flexibility index (Phi) is 7.11. The predicted octanol–water partition coefficient (Wildman–Crippen LogP) is 3.63. The van der Waals surface area contributed by atoms with Crippen molar-refractivity contribution in [1.29, 1.82) is 0 Å². The Morgan fingerprint density at radius 2 is 1.50 bits per heavy atom. The second-order valence-electron chi connectivity index (χ2n) is 8.07. The van der Waals surface area contributed by atoms with E-state index in [2.05, 4.69) is 76.6 Å². The Labute approximate surface area is 180 Å². The van der Waals surface area contributed by atoms with E-state index < -0.39 is 0 Å². The van der Waals surface area contributed by atoms with Crippen LogP contribution in [-0.2, 0) is 4.79 Å². The Morgan fingerprint density at radius 1 is 0.833 bits per heavy atom. The summed E-state index contributed by atoms with van der Waals surface area (Å²) in [5.74, 6) is 0.260. The molecule has 0 spiro atoms. The van der Waals surface area contributed by atoms with Crippen LogP contribution in [-0.4, -0.2) is 73.0 Å². The molecule has 2 aromatic rings. The highest BCUT2D eigenvalue weighted by Gasteiger charge is 2.22. The lowest BCUT2D eigenvalue weighted by atomic mass is 9.99. The number of benzene rings is 2. The molecular weight excluding hydrogens is 370 g/mol. The molecule has 2 aliphatic rings. The topological polar surface area (TPSA) is 26.8 Å². The summed E-state index contributed by atoms with van der Waals surface area (Å²) in [6.45, 7) is 7.03. The summed E-state index contributed by atoms with van der Waals surface area (Å²) in [6.07, 6.45) is 7.58. The molecule has 0 unspecified atom stereocenters. The van der Waals surface area contributed by atoms with Gasteiger partial charge >= 0.3 is 0 Å². The molecule has 0 bridgehead atoms. The maximum absolute atomic E-state index is 12.8. The standard InChI is InChI=1S/C26H31N3O/c30-26(29-16-13-25(14-17-29)24-11-5-2-6-12-24)22-28-20-18-27(19-21-28)15-7-10-23-8-3-1-4-9-23/h1-13H,14-22H2/b10-7+. The number of piperazine rings is 1. The predicted molar refractivity (Wildman–Crippen MR) is 124 cm³/mol. The van der Waals surface area contributed by atoms with Gasteiger partial charge in [-0.3, -0.25) is 14.6 Å². The van der Waals surface area contributed by atoms with Gasteiger partial charge in [0.25, 0.3) is 0 Å². The Morgan fingerprint density at radius 3 is 2.17 bits per heavy atom. The zero-order valence-electron chi connectivity index (χ0n) is 17.6. The van der Waals surface area contributed by atoms with Gasteiger partial charge in [0, 0.05) is 45.8 Å². The van der Waals surface area contributed by atoms with Crippen LogP contribution in [0, 0.1) is 0 Å². The third-order valence-electron chi connectivity index (χ3n) is 6.00. The highest BCUT2D eigenvalue weighted by atomic mass is 16.2. The summed E-state index contributed by atoms with van der Waals surface area (Å²) in [5, 5.41) is 0. The third-order valence-corrected chi connectivity index (χ3v) is 6.00. The molecule has 0 atom stereocenters. The van der Waals surface area contributed by atoms with Gasteiger partial charge in [-0.25, -0.2) is 0 Å². The molecule has 0 N–H and O–H groups in total. The quantitative estimate of drug-likeness (QED) is 0.740. The monoisotopic (exact) mass is 401 g/mol. The molecule has 1 saturated heterocycles. The molecule has 2 aromatic carbocycles. The number of carbonyl (C=O) groups excluding carboxylic acids is 1. The summed E-state index contributed by atoms with van der Waals surface area (Å²) < 4.78 is 0. The smallest absolute Gasteiger partial charge is 0.237 e. The average Bonchev–Trinajstić information content (AvgIpc) is 2.81. The SMILES string of the molecule is O=C(CN1CCN(C/C=C/c2ccccc2)CC1)N1CC=C(c2ccccc2)CC1. The molecule has 4 heteroatoms. The molecule has 1 fully saturated rings. The molecule has 4 rings (SSSR count). The molecule has 30 heavy (non-hydrogen) atoms. The second-order valence-corrected chi connectivity index (χ2v) is 8.07. The fourth-order valence-electron chi connectivity index (χ4n) is 4.13. The van der Waals surface area contributed by atoms with E-state index in [1.54, 1.807) is 0 Å². The number of carbonyl (C=O) groups is 1. The van der Waals surface area contributed by atoms with Gasteiger partial charge in [0.2, 0.25) is 5.91 Å². The van der Waals surface area contributed by atoms with Crippen LogP contribution in [0.3, 0.4) is 0 Å². The van der Waals surface area contributed by atoms with E-state index >= 15 is 0 Å². The summed E-state index contributed by atoms with van der Waals surface area (Å²) >= 11 is 0. The molecule has 0 aliphatic carbocycles. The second kappa shape index (κ2) is 10.4. The zero-order valence-corrected chi connectivity index (χ0v) is 17.6. The van der Waals surface area contributed by atoms with E-state index in [1.807, 2.05) is 17.0 Å². The lowest BCUT2D eigenvalue weighted by Gasteiger charge is -2.35. The molecule has 4 nitrogen and oxygen atoms in total. The van der Waals surface area contributed by atoms with E-state index in [9.17, 15) is 4.79 Å². The van der Waals surface area contributed by atoms with Crippen molar-refractivity contribution < 1.29 is 4.79 Å². The fourth-order valence-corrected chi connectivity index (χ4v) is 4.13. The molecule has 2 heterocycles. The van der Waals surface area contributed by atoms with Gasteiger partial charge in [-0.05, 0) is 23.1 Å². The van der Waals surface area contributed by atoms with Gasteiger partial charge in [-0.15, -0.1) is 0 Å². The minimum atomic E-state index is 0.260. The third kappa shape index (κ3) is 5.68. The number of hydrogen-bond donors (Lipinski definition) is 0. The van der Waals surface area contributed by atoms with Gasteiger partial charge in [0.05, 0.1) is 6.54 Å². The van der Waals surface area contributed by atoms with E-state index in [0.29, 0.717) is 6.54 Å². The number of nitrogens with zero attached hydrogens (tertiary/aromatic N) is 3. The van der Waals surface area contributed by atoms with Crippen LogP contribution >= 0.6 is 0 Å². The van der Waals surface area contributed by atoms with Crippen LogP contribution < -0.4 is 0 Å². The Bertz CT molecular complexity index is 868. The summed E-state index contributed by atoms with van der Waals surface area (Å²) in [5.41, 5.74) is 3.88. The highest BCUT2D eigenvalue weighted by Crippen LogP contribution is 2.22. The van der Waals surface area contributed by atoms with Crippen LogP contribution in [0.2, 0.25) is 0 Å². The summed E-state index contributed by atoms with van der Waals surface area (Å²) in [7, 11) is 0. The first-order chi connectivity index (χ1) is 14.8. The van der Waals surface area contributed by atoms with Gasteiger partial charge in [0.1, 0.15) is 0 Å². The molecule has 0 aromatic heterocycles. The normalized spacial score (nSPS) is 18.5. The van der Waals surface area contributed by atoms with Crippen LogP contribution in [0.1, 0.15) is 17.5 Å². The van der Waals surface area contributed by atoms with Crippen molar-refractivity contribution in [2.75, 3.05) is 52.4 Å². The average molecular weight is 402 g/mol. The summed E-state index contributed by atoms with van der Waals surface area (Å²) in [6, 6.07) is 20.9. The van der Waals surface area contributed by atoms with Crippen molar-refractivity contribution in [2.24, 2.45) is 0 Å². The number of rotatable bonds is 6. The van der Waals surface area contributed by atoms with Crippen molar-refractivity contribution in [3.8, 4) is 0 Å². The van der Waals surface area contributed by atoms with Crippen molar-refractivity contribution in [2.45, 2.75) is 6.42 Å². The van der Waals surface area contributed by atoms with Crippen LogP contribution in [0.15, 0.2) is 72.8 Å². The van der Waals surface area contributed by atoms with Crippen molar-refractivity contribution in [1.82, 2.24) is 14.7 Å². The molecule has 156 valence electrons. The maximum atomic E-state index is 12.8. The lowest BCUT2D eigenvalue weighted by Crippen LogP contribution is -2.50. The van der Waals surface area contributed by atoms with E-state index in [-0.39, 0.29) is 5.91 Å². The largest absolute Gasteiger partial charge is 0.338 e. The highest BCUT2D eigenvalue weighted by molar-refractivity contribution is 5.80. The Hall–Kier alpha value is -2.69. The molecule has 2 aliphatic heterocycles. The van der Waals surface area contributed by atoms with Crippen molar-refractivity contribution in [3.63, 3.8) is 0 Å². The number of amides is 1. The molecule has 0 radical (unpaired) electrons. The molecule has 1 amide bonds. The lowest BCUT2D eigenvalue weighted by molar-refractivity contribution is -0.132. The van der Waals surface area contributed by atoms with Gasteiger partial charge in [-0.2, -0.15) is 0 Å². The fraction of sp³-hybridized carbons (Fsp3) is 0.346. The van der Waals surface area contributed by atoms with Gasteiger partial charge in [-0.1, -0.05) is 78.9 Å². The van der Waals surface area contributed by atoms with E-state index in [1.165, 1.54) is 16.7 Å². The summed E-state index contributed by atoms with van der Waals surface area (Å²) in [4.78, 5) is 19.5. The molecular formula is C26H31N3O. The molecule has 0 saturated carbocycles. The first-order valence-corrected chi connectivity index (χ1v) is 11.0. The van der Waals surface area contributed by atoms with Crippen molar-refractivity contribution in [3.05, 3.63) is 83.9 Å². The minimum Gasteiger partial charge on any atom is -0.338 e. The maximum Gasteiger partial charge on any atom is 0.237 e. The zero-order chi connectivity index (χ0) is 20.6. The first-order valence-electron chi connectivity index (χ1n) is 11.0. The van der Waals surface area contributed by atoms with Crippen LogP contribution in [0.25, 0.3) is 11.6 Å². The van der Waals surface area contributed by atoms with E-state index in [4.69, 9.17) is 0 Å². The van der Waals surface area contributed by atoms with Crippen molar-refractivity contribution >= 4 is 17.6 Å². The Balaban J connectivity index is 1.18. The van der Waals surface area contributed by atoms with E-state index in [0.717, 1.165) is 52.2 Å². The number of hydrogen-bond acceptors (Lipinski definition) is 3. The van der Waals surface area contributed by atoms with Gasteiger partial charge < -0.3 is 4.90 Å². The van der Waals surface area contributed by atoms with Gasteiger partial charge in [0.15, 0.2) is 0 Å². The van der Waals surface area contributed by atoms with Crippen LogP contribution in [0.5, 0.6) is 0 Å². The van der Waals surface area contributed by atoms with Crippen LogP contribution in [0.4, 0.5) is 0 Å². The minimum absolute atomic E-state index is 0.260. The first kappa shape index (κ1) is 20.6.